The fraction of sp³-hybridized carbons (Fsp3) is 0.469. The van der Waals surface area contributed by atoms with Crippen molar-refractivity contribution in [3.63, 3.8) is 0 Å². The van der Waals surface area contributed by atoms with Gasteiger partial charge in [-0.3, -0.25) is 0 Å². The van der Waals surface area contributed by atoms with Crippen LogP contribution in [0.3, 0.4) is 0 Å². The van der Waals surface area contributed by atoms with Crippen molar-refractivity contribution in [2.75, 3.05) is 6.54 Å². The maximum atomic E-state index is 14.0. The molecule has 1 aliphatic rings. The van der Waals surface area contributed by atoms with Crippen LogP contribution in [-0.2, 0) is 30.3 Å². The van der Waals surface area contributed by atoms with Crippen molar-refractivity contribution >= 4 is 5.71 Å². The molecule has 0 aliphatic carbocycles. The van der Waals surface area contributed by atoms with E-state index < -0.39 is 11.7 Å². The number of unbranched alkanes of at least 4 members (excludes halogenated alkanes) is 1. The van der Waals surface area contributed by atoms with E-state index >= 15 is 0 Å². The summed E-state index contributed by atoms with van der Waals surface area (Å²) >= 11 is 0. The summed E-state index contributed by atoms with van der Waals surface area (Å²) in [6.45, 7) is 10.5. The Morgan fingerprint density at radius 2 is 1.79 bits per heavy atom. The number of aryl methyl sites for hydroxylation is 3. The average Bonchev–Trinajstić information content (AvgIpc) is 3.38. The molecule has 0 radical (unpaired) electrons. The number of nitrogens with two attached hydrogens (primary N) is 1. The van der Waals surface area contributed by atoms with Crippen molar-refractivity contribution in [3.05, 3.63) is 94.5 Å². The highest BCUT2D eigenvalue weighted by Crippen LogP contribution is 2.34. The summed E-state index contributed by atoms with van der Waals surface area (Å²) in [4.78, 5) is 7.82. The maximum Gasteiger partial charge on any atom is 0.416 e. The van der Waals surface area contributed by atoms with Crippen molar-refractivity contribution < 1.29 is 18.0 Å². The minimum Gasteiger partial charge on any atom is -0.386 e. The summed E-state index contributed by atoms with van der Waals surface area (Å²) in [7, 11) is 0. The summed E-state index contributed by atoms with van der Waals surface area (Å²) in [5.41, 5.74) is 8.66. The number of oxime groups is 1. The highest BCUT2D eigenvalue weighted by Gasteiger charge is 2.33. The first-order valence-electron chi connectivity index (χ1n) is 14.0. The van der Waals surface area contributed by atoms with Crippen molar-refractivity contribution in [1.29, 1.82) is 0 Å². The van der Waals surface area contributed by atoms with Crippen LogP contribution < -0.4 is 5.73 Å². The van der Waals surface area contributed by atoms with Crippen molar-refractivity contribution in [2.24, 2.45) is 10.9 Å². The zero-order chi connectivity index (χ0) is 28.4. The van der Waals surface area contributed by atoms with Gasteiger partial charge in [0.2, 0.25) is 0 Å². The van der Waals surface area contributed by atoms with Gasteiger partial charge >= 0.3 is 6.18 Å². The van der Waals surface area contributed by atoms with Gasteiger partial charge in [-0.2, -0.15) is 13.2 Å². The van der Waals surface area contributed by atoms with E-state index in [-0.39, 0.29) is 11.6 Å². The van der Waals surface area contributed by atoms with Gasteiger partial charge in [-0.05, 0) is 86.3 Å². The third-order valence-corrected chi connectivity index (χ3v) is 7.27. The van der Waals surface area contributed by atoms with Crippen LogP contribution in [0.5, 0.6) is 0 Å². The molecule has 1 saturated heterocycles. The molecule has 1 aliphatic heterocycles. The van der Waals surface area contributed by atoms with Gasteiger partial charge < -0.3 is 15.5 Å². The van der Waals surface area contributed by atoms with E-state index in [1.807, 2.05) is 25.1 Å². The lowest BCUT2D eigenvalue weighted by Gasteiger charge is -2.26. The topological polar surface area (TPSA) is 50.8 Å². The fourth-order valence-corrected chi connectivity index (χ4v) is 5.04. The lowest BCUT2D eigenvalue weighted by molar-refractivity contribution is -0.138. The van der Waals surface area contributed by atoms with Crippen LogP contribution in [0.2, 0.25) is 0 Å². The number of alkyl halides is 3. The number of hydrogen-bond acceptors (Lipinski definition) is 4. The van der Waals surface area contributed by atoms with E-state index in [0.29, 0.717) is 42.1 Å². The quantitative estimate of drug-likeness (QED) is 0.158. The van der Waals surface area contributed by atoms with E-state index in [0.717, 1.165) is 50.6 Å². The smallest absolute Gasteiger partial charge is 0.386 e. The van der Waals surface area contributed by atoms with Gasteiger partial charge in [0, 0.05) is 19.0 Å². The zero-order valence-corrected chi connectivity index (χ0v) is 23.5. The molecular weight excluding hydrogens is 499 g/mol. The largest absolute Gasteiger partial charge is 0.416 e. The van der Waals surface area contributed by atoms with Gasteiger partial charge in [-0.25, -0.2) is 0 Å². The number of rotatable bonds is 13. The molecule has 7 heteroatoms. The van der Waals surface area contributed by atoms with E-state index in [1.54, 1.807) is 19.1 Å². The van der Waals surface area contributed by atoms with Gasteiger partial charge in [0.1, 0.15) is 5.76 Å². The molecule has 1 atom stereocenters. The summed E-state index contributed by atoms with van der Waals surface area (Å²) in [6.07, 6.45) is 5.02. The monoisotopic (exact) mass is 541 g/mol. The number of likely N-dealkylation sites (tertiary alicyclic amines) is 1. The Labute approximate surface area is 231 Å². The van der Waals surface area contributed by atoms with Gasteiger partial charge in [0.25, 0.3) is 0 Å². The summed E-state index contributed by atoms with van der Waals surface area (Å²) in [5.74, 6) is 1.22. The number of allylic oxidation sites excluding steroid dienone is 1. The lowest BCUT2D eigenvalue weighted by atomic mass is 9.96. The molecule has 1 unspecified atom stereocenters. The predicted molar refractivity (Wildman–Crippen MR) is 153 cm³/mol. The zero-order valence-electron chi connectivity index (χ0n) is 23.5. The van der Waals surface area contributed by atoms with Crippen LogP contribution in [0.4, 0.5) is 13.2 Å². The highest BCUT2D eigenvalue weighted by molar-refractivity contribution is 5.98. The van der Waals surface area contributed by atoms with E-state index in [2.05, 4.69) is 35.7 Å². The Balaban J connectivity index is 1.71. The molecule has 2 N–H and O–H groups in total. The van der Waals surface area contributed by atoms with E-state index in [9.17, 15) is 13.2 Å². The number of hydrogen-bond donors (Lipinski definition) is 1. The minimum atomic E-state index is -4.46. The van der Waals surface area contributed by atoms with Crippen LogP contribution in [0.15, 0.2) is 71.9 Å². The number of halogens is 3. The molecule has 39 heavy (non-hydrogen) atoms. The standard InChI is InChI=1S/C32H42F3N3O/c1-5-7-10-25-12-14-26(15-13-25)16-17-27-18-19-28(21-31(27)32(33,34)35)23(3)37-39-30(9-6-2)22-29-11-8-20-38(29)24(4)36/h9,12-15,18-19,21,29H,4-8,10-11,16-17,20,22,36H2,1-3H3/b30-9+,37-23+. The minimum absolute atomic E-state index is 0.180. The van der Waals surface area contributed by atoms with Gasteiger partial charge in [-0.1, -0.05) is 68.4 Å². The molecule has 2 aromatic rings. The SMILES string of the molecule is C=C(N)N1CCCC1C/C(=C\CC)O/N=C(\C)c1ccc(CCc2ccc(CCCC)cc2)c(C(F)(F)F)c1. The van der Waals surface area contributed by atoms with Gasteiger partial charge in [0.15, 0.2) is 0 Å². The van der Waals surface area contributed by atoms with E-state index in [1.165, 1.54) is 11.6 Å². The summed E-state index contributed by atoms with van der Waals surface area (Å²) < 4.78 is 42.1. The Bertz CT molecular complexity index is 1150. The Morgan fingerprint density at radius 1 is 1.10 bits per heavy atom. The van der Waals surface area contributed by atoms with Crippen molar-refractivity contribution in [3.8, 4) is 0 Å². The lowest BCUT2D eigenvalue weighted by Crippen LogP contribution is -2.32. The molecule has 1 heterocycles. The van der Waals surface area contributed by atoms with Crippen molar-refractivity contribution in [1.82, 2.24) is 4.90 Å². The van der Waals surface area contributed by atoms with Gasteiger partial charge in [0.05, 0.1) is 17.1 Å². The Kier molecular flexibility index (Phi) is 11.1. The van der Waals surface area contributed by atoms with Crippen LogP contribution >= 0.6 is 0 Å². The molecule has 212 valence electrons. The van der Waals surface area contributed by atoms with Crippen molar-refractivity contribution in [2.45, 2.75) is 90.8 Å². The molecular formula is C32H42F3N3O. The van der Waals surface area contributed by atoms with E-state index in [4.69, 9.17) is 10.6 Å². The van der Waals surface area contributed by atoms with Gasteiger partial charge in [-0.15, -0.1) is 0 Å². The van der Waals surface area contributed by atoms with Crippen LogP contribution in [0, 0.1) is 0 Å². The predicted octanol–water partition coefficient (Wildman–Crippen LogP) is 8.15. The summed E-state index contributed by atoms with van der Waals surface area (Å²) in [6, 6.07) is 12.8. The summed E-state index contributed by atoms with van der Waals surface area (Å²) in [5, 5.41) is 4.21. The second-order valence-electron chi connectivity index (χ2n) is 10.3. The third-order valence-electron chi connectivity index (χ3n) is 7.27. The molecule has 0 aromatic heterocycles. The van der Waals surface area contributed by atoms with Crippen LogP contribution in [-0.4, -0.2) is 23.2 Å². The molecule has 4 nitrogen and oxygen atoms in total. The molecule has 2 aromatic carbocycles. The Hall–Kier alpha value is -3.22. The number of benzene rings is 2. The first kappa shape index (κ1) is 30.3. The second kappa shape index (κ2) is 14.2. The number of nitrogens with zero attached hydrogens (tertiary/aromatic N) is 2. The fourth-order valence-electron chi connectivity index (χ4n) is 5.04. The normalized spacial score (nSPS) is 16.6. The highest BCUT2D eigenvalue weighted by atomic mass is 19.4. The molecule has 0 bridgehead atoms. The van der Waals surface area contributed by atoms with Crippen LogP contribution in [0.1, 0.15) is 87.1 Å². The Morgan fingerprint density at radius 3 is 2.41 bits per heavy atom. The maximum absolute atomic E-state index is 14.0. The first-order chi connectivity index (χ1) is 18.6. The molecule has 1 fully saturated rings. The molecule has 0 saturated carbocycles. The molecule has 3 rings (SSSR count). The third kappa shape index (κ3) is 8.91. The molecule has 0 amide bonds. The second-order valence-corrected chi connectivity index (χ2v) is 10.3. The van der Waals surface area contributed by atoms with Crippen LogP contribution in [0.25, 0.3) is 0 Å². The average molecular weight is 542 g/mol. The first-order valence-corrected chi connectivity index (χ1v) is 14.0. The molecule has 0 spiro atoms.